The zero-order valence-corrected chi connectivity index (χ0v) is 15.2. The van der Waals surface area contributed by atoms with Gasteiger partial charge in [-0.1, -0.05) is 19.1 Å². The zero-order valence-electron chi connectivity index (χ0n) is 12.8. The number of nitrogens with two attached hydrogens (primary N) is 1. The third kappa shape index (κ3) is 3.75. The molecule has 3 rings (SSSR count). The maximum atomic E-state index is 12.6. The lowest BCUT2D eigenvalue weighted by Gasteiger charge is -2.22. The van der Waals surface area contributed by atoms with E-state index in [-0.39, 0.29) is 23.7 Å². The summed E-state index contributed by atoms with van der Waals surface area (Å²) in [6.45, 7) is 4.41. The summed E-state index contributed by atoms with van der Waals surface area (Å²) in [6.07, 6.45) is 1.00. The van der Waals surface area contributed by atoms with Crippen LogP contribution in [0.5, 0.6) is 0 Å². The molecule has 3 nitrogen and oxygen atoms in total. The Bertz CT molecular complexity index is 519. The first-order chi connectivity index (χ1) is 10.1. The first-order valence-electron chi connectivity index (χ1n) is 7.44. The van der Waals surface area contributed by atoms with E-state index in [1.807, 2.05) is 40.6 Å². The van der Waals surface area contributed by atoms with Crippen molar-refractivity contribution in [2.45, 2.75) is 17.9 Å². The fourth-order valence-corrected chi connectivity index (χ4v) is 5.74. The second-order valence-electron chi connectivity index (χ2n) is 6.19. The molecule has 1 unspecified atom stereocenters. The van der Waals surface area contributed by atoms with Gasteiger partial charge < -0.3 is 10.6 Å². The Labute approximate surface area is 147 Å². The number of likely N-dealkylation sites (tertiary alicyclic amines) is 1. The van der Waals surface area contributed by atoms with Crippen LogP contribution in [0.2, 0.25) is 0 Å². The summed E-state index contributed by atoms with van der Waals surface area (Å²) in [7, 11) is 0. The van der Waals surface area contributed by atoms with Crippen molar-refractivity contribution in [1.29, 1.82) is 0 Å². The third-order valence-corrected chi connectivity index (χ3v) is 7.49. The maximum Gasteiger partial charge on any atom is 0.253 e. The fraction of sp³-hybridized carbons (Fsp3) is 0.562. The molecule has 122 valence electrons. The molecule has 2 N–H and O–H groups in total. The number of halogens is 1. The number of thioether (sulfide) groups is 2. The maximum absolute atomic E-state index is 12.6. The van der Waals surface area contributed by atoms with Crippen molar-refractivity contribution < 1.29 is 4.79 Å². The molecule has 0 aliphatic carbocycles. The van der Waals surface area contributed by atoms with Crippen LogP contribution >= 0.6 is 35.9 Å². The number of nitrogens with zero attached hydrogens (tertiary/aromatic N) is 1. The van der Waals surface area contributed by atoms with Crippen LogP contribution < -0.4 is 5.73 Å². The minimum Gasteiger partial charge on any atom is -0.338 e. The summed E-state index contributed by atoms with van der Waals surface area (Å²) in [5.41, 5.74) is 8.03. The van der Waals surface area contributed by atoms with Gasteiger partial charge in [0.25, 0.3) is 5.91 Å². The molecular formula is C16H23ClN2OS2. The molecule has 1 atom stereocenters. The van der Waals surface area contributed by atoms with Gasteiger partial charge in [-0.05, 0) is 36.1 Å². The van der Waals surface area contributed by atoms with E-state index < -0.39 is 0 Å². The van der Waals surface area contributed by atoms with Crippen LogP contribution in [0, 0.1) is 5.41 Å². The Kier molecular flexibility index (Phi) is 6.11. The summed E-state index contributed by atoms with van der Waals surface area (Å²) in [6, 6.07) is 8.19. The number of amides is 1. The van der Waals surface area contributed by atoms with Crippen molar-refractivity contribution in [2.24, 2.45) is 11.1 Å². The fourth-order valence-electron chi connectivity index (χ4n) is 2.88. The average Bonchev–Trinajstić information content (AvgIpc) is 3.17. The zero-order chi connectivity index (χ0) is 14.9. The van der Waals surface area contributed by atoms with Crippen molar-refractivity contribution in [3.63, 3.8) is 0 Å². The molecule has 1 aromatic carbocycles. The van der Waals surface area contributed by atoms with Crippen molar-refractivity contribution in [3.05, 3.63) is 35.4 Å². The molecule has 2 fully saturated rings. The van der Waals surface area contributed by atoms with Crippen LogP contribution in [0.4, 0.5) is 0 Å². The van der Waals surface area contributed by atoms with Gasteiger partial charge in [0.15, 0.2) is 0 Å². The molecule has 2 aliphatic heterocycles. The molecule has 2 aliphatic rings. The van der Waals surface area contributed by atoms with Gasteiger partial charge in [-0.3, -0.25) is 4.79 Å². The van der Waals surface area contributed by atoms with Crippen molar-refractivity contribution >= 4 is 41.8 Å². The monoisotopic (exact) mass is 358 g/mol. The van der Waals surface area contributed by atoms with Crippen molar-refractivity contribution in [3.8, 4) is 0 Å². The van der Waals surface area contributed by atoms with Crippen LogP contribution in [0.3, 0.4) is 0 Å². The largest absolute Gasteiger partial charge is 0.338 e. The van der Waals surface area contributed by atoms with E-state index in [0.717, 1.165) is 25.1 Å². The molecule has 0 bridgehead atoms. The van der Waals surface area contributed by atoms with Gasteiger partial charge in [0.1, 0.15) is 0 Å². The lowest BCUT2D eigenvalue weighted by molar-refractivity contribution is 0.0777. The standard InChI is InChI=1S/C16H22N2OS2.ClH/c1-16(10-17)6-7-18(11-16)14(19)12-2-4-13(5-3-12)15-20-8-9-21-15;/h2-5,15H,6-11,17H2,1H3;1H. The second kappa shape index (κ2) is 7.47. The van der Waals surface area contributed by atoms with E-state index in [4.69, 9.17) is 5.73 Å². The highest BCUT2D eigenvalue weighted by Crippen LogP contribution is 2.45. The highest BCUT2D eigenvalue weighted by atomic mass is 35.5. The topological polar surface area (TPSA) is 46.3 Å². The normalized spacial score (nSPS) is 25.3. The summed E-state index contributed by atoms with van der Waals surface area (Å²) in [4.78, 5) is 14.5. The predicted molar refractivity (Wildman–Crippen MR) is 99.0 cm³/mol. The van der Waals surface area contributed by atoms with Gasteiger partial charge in [-0.25, -0.2) is 0 Å². The van der Waals surface area contributed by atoms with E-state index in [0.29, 0.717) is 11.1 Å². The summed E-state index contributed by atoms with van der Waals surface area (Å²) >= 11 is 3.98. The van der Waals surface area contributed by atoms with Gasteiger partial charge in [-0.15, -0.1) is 35.9 Å². The highest BCUT2D eigenvalue weighted by molar-refractivity contribution is 8.19. The van der Waals surface area contributed by atoms with E-state index in [1.54, 1.807) is 0 Å². The number of hydrogen-bond donors (Lipinski definition) is 1. The smallest absolute Gasteiger partial charge is 0.253 e. The Hall–Kier alpha value is -0.360. The molecule has 6 heteroatoms. The van der Waals surface area contributed by atoms with Crippen LogP contribution in [0.1, 0.15) is 33.8 Å². The van der Waals surface area contributed by atoms with Gasteiger partial charge in [0, 0.05) is 30.2 Å². The Balaban J connectivity index is 0.00000176. The number of carbonyl (C=O) groups is 1. The minimum atomic E-state index is 0. The van der Waals surface area contributed by atoms with Gasteiger partial charge in [-0.2, -0.15) is 0 Å². The van der Waals surface area contributed by atoms with Crippen LogP contribution in [-0.4, -0.2) is 41.9 Å². The van der Waals surface area contributed by atoms with Crippen molar-refractivity contribution in [1.82, 2.24) is 4.90 Å². The first kappa shape index (κ1) is 18.0. The van der Waals surface area contributed by atoms with E-state index in [2.05, 4.69) is 19.1 Å². The Morgan fingerprint density at radius 1 is 1.32 bits per heavy atom. The molecular weight excluding hydrogens is 336 g/mol. The average molecular weight is 359 g/mol. The van der Waals surface area contributed by atoms with E-state index in [1.165, 1.54) is 17.1 Å². The Morgan fingerprint density at radius 2 is 1.95 bits per heavy atom. The summed E-state index contributed by atoms with van der Waals surface area (Å²) < 4.78 is 0.543. The highest BCUT2D eigenvalue weighted by Gasteiger charge is 2.35. The summed E-state index contributed by atoms with van der Waals surface area (Å²) in [5, 5.41) is 0. The molecule has 0 saturated carbocycles. The number of carbonyl (C=O) groups excluding carboxylic acids is 1. The molecule has 1 aromatic rings. The second-order valence-corrected chi connectivity index (χ2v) is 8.91. The Morgan fingerprint density at radius 3 is 2.50 bits per heavy atom. The first-order valence-corrected chi connectivity index (χ1v) is 9.54. The number of benzene rings is 1. The molecule has 22 heavy (non-hydrogen) atoms. The molecule has 0 radical (unpaired) electrons. The molecule has 1 amide bonds. The van der Waals surface area contributed by atoms with E-state index >= 15 is 0 Å². The molecule has 2 heterocycles. The predicted octanol–water partition coefficient (Wildman–Crippen LogP) is 3.40. The quantitative estimate of drug-likeness (QED) is 0.899. The van der Waals surface area contributed by atoms with Crippen LogP contribution in [0.25, 0.3) is 0 Å². The summed E-state index contributed by atoms with van der Waals surface area (Å²) in [5.74, 6) is 2.59. The van der Waals surface area contributed by atoms with Crippen molar-refractivity contribution in [2.75, 3.05) is 31.1 Å². The van der Waals surface area contributed by atoms with Crippen LogP contribution in [0.15, 0.2) is 24.3 Å². The molecule has 0 aromatic heterocycles. The van der Waals surface area contributed by atoms with Gasteiger partial charge in [0.2, 0.25) is 0 Å². The molecule has 2 saturated heterocycles. The van der Waals surface area contributed by atoms with E-state index in [9.17, 15) is 4.79 Å². The minimum absolute atomic E-state index is 0. The third-order valence-electron chi connectivity index (χ3n) is 4.39. The van der Waals surface area contributed by atoms with Crippen LogP contribution in [-0.2, 0) is 0 Å². The number of hydrogen-bond acceptors (Lipinski definition) is 4. The van der Waals surface area contributed by atoms with Gasteiger partial charge >= 0.3 is 0 Å². The number of rotatable bonds is 3. The molecule has 0 spiro atoms. The lowest BCUT2D eigenvalue weighted by Crippen LogP contribution is -2.34. The SMILES string of the molecule is CC1(CN)CCN(C(=O)c2ccc(C3SCCS3)cc2)C1.Cl. The lowest BCUT2D eigenvalue weighted by atomic mass is 9.90. The van der Waals surface area contributed by atoms with Gasteiger partial charge in [0.05, 0.1) is 4.58 Å².